The van der Waals surface area contributed by atoms with E-state index >= 15 is 0 Å². The second kappa shape index (κ2) is 8.45. The lowest BCUT2D eigenvalue weighted by Gasteiger charge is -2.06. The highest BCUT2D eigenvalue weighted by Gasteiger charge is 2.30. The third-order valence-electron chi connectivity index (χ3n) is 3.82. The maximum Gasteiger partial charge on any atom is 0.269 e. The number of nitrogens with one attached hydrogen (secondary N) is 1. The topological polar surface area (TPSA) is 106 Å². The van der Waals surface area contributed by atoms with Crippen molar-refractivity contribution in [3.63, 3.8) is 0 Å². The molecule has 0 radical (unpaired) electrons. The zero-order valence-corrected chi connectivity index (χ0v) is 15.2. The van der Waals surface area contributed by atoms with Crippen LogP contribution in [0.4, 0.5) is 5.69 Å². The standard InChI is InChI=1S/C18H16N4O4S/c1-26-15-8-4-12(5-9-15)10-16-17(23)20-18(27-16)21-19-11-13-2-6-14(7-3-13)22(24)25/h2-9,11,16H,10H2,1H3,(H,20,21,23)/b19-11+. The van der Waals surface area contributed by atoms with Crippen molar-refractivity contribution in [1.29, 1.82) is 0 Å². The number of nitrogens with zero attached hydrogens (tertiary/aromatic N) is 3. The Morgan fingerprint density at radius 3 is 2.56 bits per heavy atom. The van der Waals surface area contributed by atoms with E-state index in [4.69, 9.17) is 4.74 Å². The van der Waals surface area contributed by atoms with Crippen LogP contribution in [0.25, 0.3) is 0 Å². The molecule has 1 fully saturated rings. The highest BCUT2D eigenvalue weighted by Crippen LogP contribution is 2.24. The first kappa shape index (κ1) is 18.6. The van der Waals surface area contributed by atoms with Crippen LogP contribution in [0.5, 0.6) is 5.75 Å². The van der Waals surface area contributed by atoms with E-state index in [0.717, 1.165) is 11.3 Å². The molecule has 0 spiro atoms. The number of methoxy groups -OCH3 is 1. The minimum atomic E-state index is -0.463. The number of thioether (sulfide) groups is 1. The van der Waals surface area contributed by atoms with Crippen LogP contribution >= 0.6 is 11.8 Å². The van der Waals surface area contributed by atoms with Crippen molar-refractivity contribution in [2.45, 2.75) is 11.7 Å². The lowest BCUT2D eigenvalue weighted by atomic mass is 10.1. The summed E-state index contributed by atoms with van der Waals surface area (Å²) in [6.07, 6.45) is 2.05. The molecule has 1 aliphatic heterocycles. The molecule has 9 heteroatoms. The van der Waals surface area contributed by atoms with E-state index in [2.05, 4.69) is 15.5 Å². The molecule has 27 heavy (non-hydrogen) atoms. The van der Waals surface area contributed by atoms with Crippen LogP contribution in [-0.2, 0) is 11.2 Å². The van der Waals surface area contributed by atoms with E-state index in [1.54, 1.807) is 19.2 Å². The molecule has 0 aliphatic carbocycles. The largest absolute Gasteiger partial charge is 0.497 e. The van der Waals surface area contributed by atoms with Crippen molar-refractivity contribution in [1.82, 2.24) is 5.32 Å². The van der Waals surface area contributed by atoms with E-state index in [1.165, 1.54) is 30.1 Å². The number of nitro groups is 1. The normalized spacial score (nSPS) is 18.0. The fraction of sp³-hybridized carbons (Fsp3) is 0.167. The summed E-state index contributed by atoms with van der Waals surface area (Å²) >= 11 is 1.32. The van der Waals surface area contributed by atoms with Crippen molar-refractivity contribution in [3.05, 3.63) is 69.8 Å². The first-order valence-electron chi connectivity index (χ1n) is 8.01. The molecular weight excluding hydrogens is 368 g/mol. The molecule has 0 saturated carbocycles. The highest BCUT2D eigenvalue weighted by molar-refractivity contribution is 8.15. The lowest BCUT2D eigenvalue weighted by molar-refractivity contribution is -0.384. The molecule has 1 unspecified atom stereocenters. The first-order valence-corrected chi connectivity index (χ1v) is 8.89. The lowest BCUT2D eigenvalue weighted by Crippen LogP contribution is -2.25. The fourth-order valence-corrected chi connectivity index (χ4v) is 3.36. The van der Waals surface area contributed by atoms with Crippen LogP contribution in [0, 0.1) is 10.1 Å². The number of benzene rings is 2. The third kappa shape index (κ3) is 4.91. The van der Waals surface area contributed by atoms with E-state index in [9.17, 15) is 14.9 Å². The fourth-order valence-electron chi connectivity index (χ4n) is 2.39. The van der Waals surface area contributed by atoms with Crippen LogP contribution in [0.2, 0.25) is 0 Å². The predicted molar refractivity (Wildman–Crippen MR) is 104 cm³/mol. The van der Waals surface area contributed by atoms with Crippen molar-refractivity contribution in [3.8, 4) is 5.75 Å². The molecular formula is C18H16N4O4S. The van der Waals surface area contributed by atoms with Gasteiger partial charge in [-0.05, 0) is 41.8 Å². The summed E-state index contributed by atoms with van der Waals surface area (Å²) in [5.41, 5.74) is 1.71. The molecule has 1 atom stereocenters. The van der Waals surface area contributed by atoms with Crippen LogP contribution < -0.4 is 10.1 Å². The molecule has 1 aliphatic rings. The monoisotopic (exact) mass is 384 g/mol. The Hall–Kier alpha value is -3.20. The summed E-state index contributed by atoms with van der Waals surface area (Å²) in [7, 11) is 1.61. The Morgan fingerprint density at radius 1 is 1.22 bits per heavy atom. The van der Waals surface area contributed by atoms with Crippen LogP contribution in [-0.4, -0.2) is 34.6 Å². The Bertz CT molecular complexity index is 895. The zero-order valence-electron chi connectivity index (χ0n) is 14.4. The molecule has 1 N–H and O–H groups in total. The van der Waals surface area contributed by atoms with E-state index in [0.29, 0.717) is 17.2 Å². The number of nitro benzene ring substituents is 1. The Balaban J connectivity index is 1.59. The Labute approximate surface area is 159 Å². The first-order chi connectivity index (χ1) is 13.0. The quantitative estimate of drug-likeness (QED) is 0.468. The minimum absolute atomic E-state index is 0.0125. The predicted octanol–water partition coefficient (Wildman–Crippen LogP) is 2.77. The number of carbonyl (C=O) groups is 1. The maximum atomic E-state index is 12.1. The van der Waals surface area contributed by atoms with Gasteiger partial charge in [-0.1, -0.05) is 23.9 Å². The average Bonchev–Trinajstić information content (AvgIpc) is 3.02. The molecule has 8 nitrogen and oxygen atoms in total. The van der Waals surface area contributed by atoms with Gasteiger partial charge < -0.3 is 10.1 Å². The van der Waals surface area contributed by atoms with Gasteiger partial charge in [-0.3, -0.25) is 14.9 Å². The SMILES string of the molecule is COc1ccc(CC2S/C(=N\N=C\c3ccc([N+](=O)[O-])cc3)NC2=O)cc1. The third-order valence-corrected chi connectivity index (χ3v) is 4.89. The maximum absolute atomic E-state index is 12.1. The number of amides is 1. The summed E-state index contributed by atoms with van der Waals surface area (Å²) in [6.45, 7) is 0. The number of rotatable bonds is 6. The smallest absolute Gasteiger partial charge is 0.269 e. The van der Waals surface area contributed by atoms with Gasteiger partial charge in [-0.15, -0.1) is 5.10 Å². The second-order valence-corrected chi connectivity index (χ2v) is 6.84. The van der Waals surface area contributed by atoms with Crippen molar-refractivity contribution in [2.75, 3.05) is 7.11 Å². The van der Waals surface area contributed by atoms with Gasteiger partial charge in [0.1, 0.15) is 5.75 Å². The number of carbonyl (C=O) groups excluding carboxylic acids is 1. The van der Waals surface area contributed by atoms with Crippen molar-refractivity contribution >= 4 is 34.7 Å². The molecule has 2 aromatic rings. The molecule has 138 valence electrons. The highest BCUT2D eigenvalue weighted by atomic mass is 32.2. The Kier molecular flexibility index (Phi) is 5.82. The molecule has 2 aromatic carbocycles. The minimum Gasteiger partial charge on any atom is -0.497 e. The van der Waals surface area contributed by atoms with Crippen LogP contribution in [0.3, 0.4) is 0 Å². The number of hydrogen-bond acceptors (Lipinski definition) is 7. The summed E-state index contributed by atoms with van der Waals surface area (Å²) in [6, 6.07) is 13.5. The van der Waals surface area contributed by atoms with Gasteiger partial charge in [0, 0.05) is 12.1 Å². The second-order valence-electron chi connectivity index (χ2n) is 5.65. The van der Waals surface area contributed by atoms with Gasteiger partial charge in [-0.2, -0.15) is 5.10 Å². The van der Waals surface area contributed by atoms with Gasteiger partial charge in [0.2, 0.25) is 5.91 Å². The molecule has 3 rings (SSSR count). The van der Waals surface area contributed by atoms with Gasteiger partial charge in [0.15, 0.2) is 5.17 Å². The van der Waals surface area contributed by atoms with Crippen LogP contribution in [0.15, 0.2) is 58.7 Å². The number of hydrogen-bond donors (Lipinski definition) is 1. The Morgan fingerprint density at radius 2 is 1.93 bits per heavy atom. The van der Waals surface area contributed by atoms with E-state index in [1.807, 2.05) is 24.3 Å². The summed E-state index contributed by atoms with van der Waals surface area (Å²) in [5, 5.41) is 21.4. The number of ether oxygens (including phenoxy) is 1. The number of amidine groups is 1. The molecule has 1 saturated heterocycles. The summed E-state index contributed by atoms with van der Waals surface area (Å²) < 4.78 is 5.12. The van der Waals surface area contributed by atoms with Gasteiger partial charge in [0.05, 0.1) is 23.5 Å². The van der Waals surface area contributed by atoms with Gasteiger partial charge >= 0.3 is 0 Å². The molecule has 0 bridgehead atoms. The molecule has 0 aromatic heterocycles. The van der Waals surface area contributed by atoms with Gasteiger partial charge in [-0.25, -0.2) is 0 Å². The molecule has 1 amide bonds. The average molecular weight is 384 g/mol. The van der Waals surface area contributed by atoms with Crippen LogP contribution in [0.1, 0.15) is 11.1 Å². The zero-order chi connectivity index (χ0) is 19.2. The van der Waals surface area contributed by atoms with Crippen molar-refractivity contribution in [2.24, 2.45) is 10.2 Å². The number of non-ortho nitro benzene ring substituents is 1. The summed E-state index contributed by atoms with van der Waals surface area (Å²) in [5.74, 6) is 0.658. The summed E-state index contributed by atoms with van der Waals surface area (Å²) in [4.78, 5) is 22.3. The van der Waals surface area contributed by atoms with E-state index in [-0.39, 0.29) is 16.8 Å². The van der Waals surface area contributed by atoms with Crippen molar-refractivity contribution < 1.29 is 14.5 Å². The molecule has 1 heterocycles. The van der Waals surface area contributed by atoms with E-state index < -0.39 is 4.92 Å². The van der Waals surface area contributed by atoms with Gasteiger partial charge in [0.25, 0.3) is 5.69 Å².